The van der Waals surface area contributed by atoms with Crippen molar-refractivity contribution in [3.8, 4) is 11.4 Å². The zero-order chi connectivity index (χ0) is 22.3. The molecule has 0 saturated carbocycles. The third kappa shape index (κ3) is 5.47. The summed E-state index contributed by atoms with van der Waals surface area (Å²) in [5.41, 5.74) is 0.904. The van der Waals surface area contributed by atoms with Crippen LogP contribution in [0.3, 0.4) is 0 Å². The Balaban J connectivity index is 1.15. The molecule has 2 heterocycles. The summed E-state index contributed by atoms with van der Waals surface area (Å²) >= 11 is 0. The first-order chi connectivity index (χ1) is 15.6. The molecule has 0 radical (unpaired) electrons. The molecule has 7 nitrogen and oxygen atoms in total. The third-order valence-corrected chi connectivity index (χ3v) is 5.46. The number of nitrogens with zero attached hydrogens (tertiary/aromatic N) is 4. The number of amides is 1. The van der Waals surface area contributed by atoms with Crippen molar-refractivity contribution in [3.05, 3.63) is 66.1 Å². The van der Waals surface area contributed by atoms with Crippen LogP contribution in [0.15, 0.2) is 53.1 Å². The van der Waals surface area contributed by atoms with E-state index in [1.807, 2.05) is 11.0 Å². The van der Waals surface area contributed by atoms with E-state index in [4.69, 9.17) is 4.52 Å². The van der Waals surface area contributed by atoms with Gasteiger partial charge in [0.15, 0.2) is 0 Å². The Labute approximate surface area is 185 Å². The number of hydrogen-bond donors (Lipinski definition) is 1. The van der Waals surface area contributed by atoms with Crippen LogP contribution in [0.25, 0.3) is 11.4 Å². The monoisotopic (exact) mass is 441 g/mol. The molecule has 1 N–H and O–H groups in total. The highest BCUT2D eigenvalue weighted by molar-refractivity contribution is 5.76. The minimum Gasteiger partial charge on any atom is -0.367 e. The van der Waals surface area contributed by atoms with E-state index in [9.17, 15) is 13.6 Å². The van der Waals surface area contributed by atoms with Gasteiger partial charge in [0.05, 0.1) is 11.3 Å². The first-order valence-corrected chi connectivity index (χ1v) is 10.7. The number of piperazine rings is 1. The lowest BCUT2D eigenvalue weighted by Crippen LogP contribution is -2.48. The Hall–Kier alpha value is -3.33. The highest BCUT2D eigenvalue weighted by Crippen LogP contribution is 2.20. The molecule has 1 aliphatic heterocycles. The minimum atomic E-state index is -0.424. The molecule has 168 valence electrons. The standard InChI is InChI=1S/C23H25F2N5O2/c24-18-6-2-1-5-17(18)23-27-22(32-28-23)10-9-21(31)26-11-12-29-13-15-30(16-14-29)20-8-4-3-7-19(20)25/h1-8H,9-16H2,(H,26,31). The van der Waals surface area contributed by atoms with Crippen molar-refractivity contribution in [2.24, 2.45) is 0 Å². The lowest BCUT2D eigenvalue weighted by Gasteiger charge is -2.36. The average Bonchev–Trinajstić information content (AvgIpc) is 3.28. The molecule has 32 heavy (non-hydrogen) atoms. The number of carbonyl (C=O) groups is 1. The molecule has 1 amide bonds. The van der Waals surface area contributed by atoms with E-state index >= 15 is 0 Å². The second-order valence-electron chi connectivity index (χ2n) is 7.62. The summed E-state index contributed by atoms with van der Waals surface area (Å²) in [6.07, 6.45) is 0.495. The maximum atomic E-state index is 13.9. The molecule has 1 aromatic heterocycles. The van der Waals surface area contributed by atoms with Gasteiger partial charge in [-0.25, -0.2) is 8.78 Å². The smallest absolute Gasteiger partial charge is 0.227 e. The van der Waals surface area contributed by atoms with Gasteiger partial charge in [-0.05, 0) is 24.3 Å². The third-order valence-electron chi connectivity index (χ3n) is 5.46. The summed E-state index contributed by atoms with van der Waals surface area (Å²) in [6, 6.07) is 13.0. The van der Waals surface area contributed by atoms with Crippen LogP contribution in [0.5, 0.6) is 0 Å². The zero-order valence-electron chi connectivity index (χ0n) is 17.6. The second-order valence-corrected chi connectivity index (χ2v) is 7.62. The largest absolute Gasteiger partial charge is 0.367 e. The quantitative estimate of drug-likeness (QED) is 0.580. The normalized spacial score (nSPS) is 14.5. The van der Waals surface area contributed by atoms with Gasteiger partial charge in [-0.2, -0.15) is 4.98 Å². The van der Waals surface area contributed by atoms with Crippen molar-refractivity contribution in [1.82, 2.24) is 20.4 Å². The highest BCUT2D eigenvalue weighted by atomic mass is 19.1. The first kappa shape index (κ1) is 21.9. The molecule has 1 saturated heterocycles. The summed E-state index contributed by atoms with van der Waals surface area (Å²) in [5.74, 6) is -0.265. The maximum Gasteiger partial charge on any atom is 0.227 e. The van der Waals surface area contributed by atoms with E-state index in [2.05, 4.69) is 20.4 Å². The number of hydrogen-bond acceptors (Lipinski definition) is 6. The van der Waals surface area contributed by atoms with Gasteiger partial charge in [0.1, 0.15) is 11.6 Å². The molecule has 1 fully saturated rings. The van der Waals surface area contributed by atoms with Gasteiger partial charge < -0.3 is 14.7 Å². The Bertz CT molecular complexity index is 1050. The van der Waals surface area contributed by atoms with Crippen molar-refractivity contribution < 1.29 is 18.1 Å². The fraction of sp³-hybridized carbons (Fsp3) is 0.348. The number of anilines is 1. The topological polar surface area (TPSA) is 74.5 Å². The number of para-hydroxylation sites is 1. The van der Waals surface area contributed by atoms with Gasteiger partial charge in [0, 0.05) is 52.1 Å². The van der Waals surface area contributed by atoms with Gasteiger partial charge >= 0.3 is 0 Å². The van der Waals surface area contributed by atoms with E-state index in [-0.39, 0.29) is 36.0 Å². The highest BCUT2D eigenvalue weighted by Gasteiger charge is 2.19. The van der Waals surface area contributed by atoms with Crippen molar-refractivity contribution in [3.63, 3.8) is 0 Å². The molecular weight excluding hydrogens is 416 g/mol. The van der Waals surface area contributed by atoms with Crippen LogP contribution in [-0.2, 0) is 11.2 Å². The van der Waals surface area contributed by atoms with E-state index < -0.39 is 5.82 Å². The van der Waals surface area contributed by atoms with Gasteiger partial charge in [-0.1, -0.05) is 29.4 Å². The van der Waals surface area contributed by atoms with Gasteiger partial charge in [-0.15, -0.1) is 0 Å². The van der Waals surface area contributed by atoms with Crippen LogP contribution < -0.4 is 10.2 Å². The molecule has 3 aromatic rings. The molecule has 0 aliphatic carbocycles. The molecule has 0 spiro atoms. The van der Waals surface area contributed by atoms with Gasteiger partial charge in [0.2, 0.25) is 17.6 Å². The second kappa shape index (κ2) is 10.3. The van der Waals surface area contributed by atoms with E-state index in [0.29, 0.717) is 18.1 Å². The van der Waals surface area contributed by atoms with Crippen LogP contribution in [0.4, 0.5) is 14.5 Å². The average molecular weight is 441 g/mol. The Morgan fingerprint density at radius 3 is 2.47 bits per heavy atom. The van der Waals surface area contributed by atoms with Crippen molar-refractivity contribution in [1.29, 1.82) is 0 Å². The Morgan fingerprint density at radius 2 is 1.72 bits per heavy atom. The fourth-order valence-electron chi connectivity index (χ4n) is 3.69. The van der Waals surface area contributed by atoms with E-state index in [0.717, 1.165) is 32.7 Å². The molecule has 4 rings (SSSR count). The number of aryl methyl sites for hydroxylation is 1. The molecule has 2 aromatic carbocycles. The first-order valence-electron chi connectivity index (χ1n) is 10.7. The number of halogens is 2. The lowest BCUT2D eigenvalue weighted by atomic mass is 10.2. The molecular formula is C23H25F2N5O2. The van der Waals surface area contributed by atoms with E-state index in [1.165, 1.54) is 12.1 Å². The van der Waals surface area contributed by atoms with Crippen LogP contribution in [0.1, 0.15) is 12.3 Å². The predicted molar refractivity (Wildman–Crippen MR) is 116 cm³/mol. The van der Waals surface area contributed by atoms with Crippen molar-refractivity contribution in [2.75, 3.05) is 44.2 Å². The number of nitrogens with one attached hydrogen (secondary N) is 1. The van der Waals surface area contributed by atoms with E-state index in [1.54, 1.807) is 30.3 Å². The summed E-state index contributed by atoms with van der Waals surface area (Å²) in [6.45, 7) is 4.38. The summed E-state index contributed by atoms with van der Waals surface area (Å²) in [7, 11) is 0. The summed E-state index contributed by atoms with van der Waals surface area (Å²) in [4.78, 5) is 20.6. The maximum absolute atomic E-state index is 13.9. The minimum absolute atomic E-state index is 0.111. The molecule has 9 heteroatoms. The number of carbonyl (C=O) groups excluding carboxylic acids is 1. The summed E-state index contributed by atoms with van der Waals surface area (Å²) in [5, 5.41) is 6.69. The number of aromatic nitrogens is 2. The van der Waals surface area contributed by atoms with Crippen LogP contribution in [0.2, 0.25) is 0 Å². The van der Waals surface area contributed by atoms with Crippen molar-refractivity contribution in [2.45, 2.75) is 12.8 Å². The molecule has 1 aliphatic rings. The van der Waals surface area contributed by atoms with Crippen molar-refractivity contribution >= 4 is 11.6 Å². The number of benzene rings is 2. The van der Waals surface area contributed by atoms with Gasteiger partial charge in [0.25, 0.3) is 0 Å². The Morgan fingerprint density at radius 1 is 1.00 bits per heavy atom. The Kier molecular flexibility index (Phi) is 7.06. The SMILES string of the molecule is O=C(CCc1nc(-c2ccccc2F)no1)NCCN1CCN(c2ccccc2F)CC1. The van der Waals surface area contributed by atoms with Crippen LogP contribution >= 0.6 is 0 Å². The van der Waals surface area contributed by atoms with Gasteiger partial charge in [-0.3, -0.25) is 9.69 Å². The predicted octanol–water partition coefficient (Wildman–Crippen LogP) is 2.89. The summed E-state index contributed by atoms with van der Waals surface area (Å²) < 4.78 is 32.9. The molecule has 0 bridgehead atoms. The molecule has 0 atom stereocenters. The fourth-order valence-corrected chi connectivity index (χ4v) is 3.69. The molecule has 0 unspecified atom stereocenters. The number of rotatable bonds is 8. The van der Waals surface area contributed by atoms with Crippen LogP contribution in [0, 0.1) is 11.6 Å². The van der Waals surface area contributed by atoms with Crippen LogP contribution in [-0.4, -0.2) is 60.2 Å². The lowest BCUT2D eigenvalue weighted by molar-refractivity contribution is -0.121. The zero-order valence-corrected chi connectivity index (χ0v) is 17.6.